The molecule has 0 amide bonds. The van der Waals surface area contributed by atoms with E-state index in [0.29, 0.717) is 29.5 Å². The fourth-order valence-corrected chi connectivity index (χ4v) is 3.35. The molecule has 160 valence electrons. The second-order valence-corrected chi connectivity index (χ2v) is 7.33. The minimum atomic E-state index is -0.521. The highest BCUT2D eigenvalue weighted by Gasteiger charge is 2.13. The van der Waals surface area contributed by atoms with E-state index in [1.54, 1.807) is 30.5 Å². The fraction of sp³-hybridized carbons (Fsp3) is 0.143. The molecule has 0 bridgehead atoms. The summed E-state index contributed by atoms with van der Waals surface area (Å²) in [5.41, 5.74) is 3.80. The summed E-state index contributed by atoms with van der Waals surface area (Å²) in [6.45, 7) is 2.36. The molecule has 2 aromatic carbocycles. The van der Waals surface area contributed by atoms with E-state index >= 15 is 0 Å². The zero-order valence-electron chi connectivity index (χ0n) is 16.4. The van der Waals surface area contributed by atoms with Crippen LogP contribution in [0, 0.1) is 19.5 Å². The Labute approximate surface area is 191 Å². The van der Waals surface area contributed by atoms with Gasteiger partial charge in [0.1, 0.15) is 24.4 Å². The number of halogens is 2. The molecule has 0 atom stereocenters. The molecule has 1 aromatic heterocycles. The van der Waals surface area contributed by atoms with Crippen LogP contribution in [0.1, 0.15) is 18.1 Å². The predicted molar refractivity (Wildman–Crippen MR) is 123 cm³/mol. The normalized spacial score (nSPS) is 10.8. The first-order valence-corrected chi connectivity index (χ1v) is 10.3. The van der Waals surface area contributed by atoms with Gasteiger partial charge in [0, 0.05) is 11.6 Å². The maximum Gasteiger partial charge on any atom is 0.287 e. The van der Waals surface area contributed by atoms with Gasteiger partial charge in [-0.25, -0.2) is 9.37 Å². The molecule has 0 aliphatic heterocycles. The van der Waals surface area contributed by atoms with Crippen LogP contribution in [0.2, 0.25) is 0 Å². The number of hydrogen-bond donors (Lipinski definition) is 1. The number of nitrogens with one attached hydrogen (secondary N) is 1. The lowest BCUT2D eigenvalue weighted by Crippen LogP contribution is -2.04. The molecule has 0 fully saturated rings. The van der Waals surface area contributed by atoms with Crippen molar-refractivity contribution in [2.45, 2.75) is 13.5 Å². The molecule has 3 rings (SSSR count). The van der Waals surface area contributed by atoms with Crippen LogP contribution in [0.5, 0.6) is 11.5 Å². The van der Waals surface area contributed by atoms with Crippen molar-refractivity contribution >= 4 is 40.3 Å². The Balaban J connectivity index is 1.73. The smallest absolute Gasteiger partial charge is 0.287 e. The number of benzene rings is 2. The van der Waals surface area contributed by atoms with E-state index in [-0.39, 0.29) is 18.1 Å². The molecule has 10 heteroatoms. The summed E-state index contributed by atoms with van der Waals surface area (Å²) >= 11 is 2.12. The summed E-state index contributed by atoms with van der Waals surface area (Å²) in [7, 11) is 0. The molecular weight excluding hydrogens is 518 g/mol. The van der Waals surface area contributed by atoms with Crippen molar-refractivity contribution in [3.05, 3.63) is 85.4 Å². The first-order valence-electron chi connectivity index (χ1n) is 9.20. The first kappa shape index (κ1) is 22.4. The SMILES string of the molecule is CCOc1cc(/C=N/Nc2ccc([N+](=O)[O-])cn2)cc(I)c1OCc1ccccc1F. The lowest BCUT2D eigenvalue weighted by atomic mass is 10.2. The van der Waals surface area contributed by atoms with Crippen molar-refractivity contribution in [1.29, 1.82) is 0 Å². The van der Waals surface area contributed by atoms with E-state index in [9.17, 15) is 14.5 Å². The topological polar surface area (TPSA) is 98.9 Å². The standard InChI is InChI=1S/C21H18FIN4O4/c1-2-30-19-10-14(11-25-26-20-8-7-16(12-24-20)27(28)29)9-18(23)21(19)31-13-15-5-3-4-6-17(15)22/h3-12H,2,13H2,1H3,(H,24,26)/b25-11+. The molecule has 3 aromatic rings. The third kappa shape index (κ3) is 6.10. The van der Waals surface area contributed by atoms with Crippen molar-refractivity contribution in [2.75, 3.05) is 12.0 Å². The van der Waals surface area contributed by atoms with Gasteiger partial charge in [-0.1, -0.05) is 18.2 Å². The molecule has 0 unspecified atom stereocenters. The molecule has 0 radical (unpaired) electrons. The van der Waals surface area contributed by atoms with Crippen LogP contribution in [-0.4, -0.2) is 22.7 Å². The second kappa shape index (κ2) is 10.7. The second-order valence-electron chi connectivity index (χ2n) is 6.17. The highest BCUT2D eigenvalue weighted by atomic mass is 127. The Bertz CT molecular complexity index is 1090. The number of nitro groups is 1. The van der Waals surface area contributed by atoms with Crippen molar-refractivity contribution in [3.63, 3.8) is 0 Å². The number of rotatable bonds is 9. The molecule has 0 aliphatic rings. The van der Waals surface area contributed by atoms with E-state index in [1.807, 2.05) is 13.0 Å². The Morgan fingerprint density at radius 3 is 2.74 bits per heavy atom. The van der Waals surface area contributed by atoms with E-state index < -0.39 is 4.92 Å². The van der Waals surface area contributed by atoms with Gasteiger partial charge in [0.05, 0.1) is 21.3 Å². The van der Waals surface area contributed by atoms with Gasteiger partial charge in [-0.15, -0.1) is 0 Å². The Kier molecular flexibility index (Phi) is 7.70. The third-order valence-electron chi connectivity index (χ3n) is 4.01. The molecule has 1 N–H and O–H groups in total. The summed E-state index contributed by atoms with van der Waals surface area (Å²) in [5, 5.41) is 14.8. The van der Waals surface area contributed by atoms with Crippen LogP contribution < -0.4 is 14.9 Å². The lowest BCUT2D eigenvalue weighted by molar-refractivity contribution is -0.385. The van der Waals surface area contributed by atoms with E-state index in [2.05, 4.69) is 38.1 Å². The van der Waals surface area contributed by atoms with Gasteiger partial charge in [0.15, 0.2) is 11.5 Å². The van der Waals surface area contributed by atoms with Gasteiger partial charge in [0.25, 0.3) is 5.69 Å². The summed E-state index contributed by atoms with van der Waals surface area (Å²) in [6.07, 6.45) is 2.71. The predicted octanol–water partition coefficient (Wildman–Crippen LogP) is 5.16. The maximum absolute atomic E-state index is 13.9. The largest absolute Gasteiger partial charge is 0.490 e. The van der Waals surface area contributed by atoms with Crippen molar-refractivity contribution in [3.8, 4) is 11.5 Å². The molecule has 1 heterocycles. The van der Waals surface area contributed by atoms with Crippen LogP contribution in [-0.2, 0) is 6.61 Å². The number of pyridine rings is 1. The summed E-state index contributed by atoms with van der Waals surface area (Å²) < 4.78 is 26.2. The number of aromatic nitrogens is 1. The van der Waals surface area contributed by atoms with Gasteiger partial charge >= 0.3 is 0 Å². The third-order valence-corrected chi connectivity index (χ3v) is 4.81. The van der Waals surface area contributed by atoms with Crippen LogP contribution in [0.15, 0.2) is 59.8 Å². The number of hydrogen-bond acceptors (Lipinski definition) is 7. The van der Waals surface area contributed by atoms with Crippen LogP contribution in [0.25, 0.3) is 0 Å². The average molecular weight is 536 g/mol. The Morgan fingerprint density at radius 2 is 2.06 bits per heavy atom. The van der Waals surface area contributed by atoms with Gasteiger partial charge < -0.3 is 9.47 Å². The Hall–Kier alpha value is -3.28. The van der Waals surface area contributed by atoms with E-state index in [0.717, 1.165) is 15.3 Å². The number of ether oxygens (including phenoxy) is 2. The van der Waals surface area contributed by atoms with Crippen molar-refractivity contribution in [1.82, 2.24) is 4.98 Å². The lowest BCUT2D eigenvalue weighted by Gasteiger charge is -2.15. The van der Waals surface area contributed by atoms with Crippen LogP contribution in [0.3, 0.4) is 0 Å². The average Bonchev–Trinajstić information content (AvgIpc) is 2.75. The monoisotopic (exact) mass is 536 g/mol. The van der Waals surface area contributed by atoms with Gasteiger partial charge in [-0.2, -0.15) is 5.10 Å². The highest BCUT2D eigenvalue weighted by Crippen LogP contribution is 2.34. The molecule has 8 nitrogen and oxygen atoms in total. The van der Waals surface area contributed by atoms with E-state index in [4.69, 9.17) is 9.47 Å². The zero-order chi connectivity index (χ0) is 22.2. The summed E-state index contributed by atoms with van der Waals surface area (Å²) in [6, 6.07) is 12.8. The highest BCUT2D eigenvalue weighted by molar-refractivity contribution is 14.1. The minimum absolute atomic E-state index is 0.0730. The molecular formula is C21H18FIN4O4. The molecule has 0 aliphatic carbocycles. The molecule has 0 spiro atoms. The summed E-state index contributed by atoms with van der Waals surface area (Å²) in [4.78, 5) is 14.1. The maximum atomic E-state index is 13.9. The van der Waals surface area contributed by atoms with Crippen molar-refractivity contribution < 1.29 is 18.8 Å². The number of hydrazone groups is 1. The number of nitrogens with zero attached hydrogens (tertiary/aromatic N) is 3. The van der Waals surface area contributed by atoms with E-state index in [1.165, 1.54) is 18.2 Å². The number of anilines is 1. The fourth-order valence-electron chi connectivity index (χ4n) is 2.56. The molecule has 31 heavy (non-hydrogen) atoms. The van der Waals surface area contributed by atoms with Gasteiger partial charge in [0.2, 0.25) is 0 Å². The Morgan fingerprint density at radius 1 is 1.26 bits per heavy atom. The quantitative estimate of drug-likeness (QED) is 0.176. The van der Waals surface area contributed by atoms with Gasteiger partial charge in [-0.05, 0) is 59.3 Å². The zero-order valence-corrected chi connectivity index (χ0v) is 18.6. The summed E-state index contributed by atoms with van der Waals surface area (Å²) in [5.74, 6) is 1.07. The van der Waals surface area contributed by atoms with Crippen LogP contribution in [0.4, 0.5) is 15.9 Å². The minimum Gasteiger partial charge on any atom is -0.490 e. The first-order chi connectivity index (χ1) is 15.0. The molecule has 0 saturated carbocycles. The van der Waals surface area contributed by atoms with Crippen LogP contribution >= 0.6 is 22.6 Å². The van der Waals surface area contributed by atoms with Gasteiger partial charge in [-0.3, -0.25) is 15.5 Å². The van der Waals surface area contributed by atoms with Crippen molar-refractivity contribution in [2.24, 2.45) is 5.10 Å². The molecule has 0 saturated heterocycles.